The molecule has 0 aliphatic rings. The number of halogens is 1. The fourth-order valence-corrected chi connectivity index (χ4v) is 1.29. The first-order valence-electron chi connectivity index (χ1n) is 3.93. The molecule has 0 heterocycles. The zero-order valence-corrected chi connectivity index (χ0v) is 8.25. The molecule has 1 aromatic rings. The number of benzene rings is 1. The molecule has 0 spiro atoms. The van der Waals surface area contributed by atoms with E-state index in [0.717, 1.165) is 5.56 Å². The van der Waals surface area contributed by atoms with E-state index < -0.39 is 10.2 Å². The summed E-state index contributed by atoms with van der Waals surface area (Å²) < 4.78 is 0. The summed E-state index contributed by atoms with van der Waals surface area (Å²) in [4.78, 5) is 20.5. The summed E-state index contributed by atoms with van der Waals surface area (Å²) in [6, 6.07) is 4.34. The molecule has 0 N–H and O–H groups in total. The molecule has 74 valence electrons. The zero-order chi connectivity index (χ0) is 10.7. The predicted octanol–water partition coefficient (Wildman–Crippen LogP) is 2.21. The number of carbonyl (C=O) groups excluding carboxylic acids is 1. The Morgan fingerprint density at radius 3 is 2.64 bits per heavy atom. The van der Waals surface area contributed by atoms with Crippen LogP contribution in [0, 0.1) is 17.0 Å². The van der Waals surface area contributed by atoms with Crippen LogP contribution < -0.4 is 0 Å². The third-order valence-corrected chi connectivity index (χ3v) is 2.00. The van der Waals surface area contributed by atoms with Crippen LogP contribution in [0.5, 0.6) is 0 Å². The Kier molecular flexibility index (Phi) is 3.19. The van der Waals surface area contributed by atoms with Crippen molar-refractivity contribution in [1.82, 2.24) is 0 Å². The molecule has 0 radical (unpaired) electrons. The third kappa shape index (κ3) is 2.53. The Morgan fingerprint density at radius 1 is 1.57 bits per heavy atom. The van der Waals surface area contributed by atoms with Gasteiger partial charge in [-0.3, -0.25) is 14.9 Å². The number of nitro benzene ring substituents is 1. The molecule has 0 aromatic heterocycles. The number of hydrogen-bond donors (Lipinski definition) is 0. The first-order chi connectivity index (χ1) is 6.50. The van der Waals surface area contributed by atoms with Crippen molar-refractivity contribution in [2.75, 3.05) is 0 Å². The third-order valence-electron chi connectivity index (χ3n) is 1.87. The molecule has 0 unspecified atom stereocenters. The van der Waals surface area contributed by atoms with Gasteiger partial charge in [-0.25, -0.2) is 0 Å². The second kappa shape index (κ2) is 4.19. The van der Waals surface area contributed by atoms with E-state index >= 15 is 0 Å². The molecule has 0 amide bonds. The predicted molar refractivity (Wildman–Crippen MR) is 52.4 cm³/mol. The maximum atomic E-state index is 10.6. The average molecular weight is 214 g/mol. The van der Waals surface area contributed by atoms with Crippen LogP contribution in [0.3, 0.4) is 0 Å². The van der Waals surface area contributed by atoms with Crippen LogP contribution in [-0.2, 0) is 11.2 Å². The van der Waals surface area contributed by atoms with Crippen molar-refractivity contribution in [2.24, 2.45) is 0 Å². The highest BCUT2D eigenvalue weighted by Gasteiger charge is 2.09. The number of rotatable bonds is 3. The highest BCUT2D eigenvalue weighted by atomic mass is 35.5. The van der Waals surface area contributed by atoms with Gasteiger partial charge in [0, 0.05) is 18.6 Å². The second-order valence-electron chi connectivity index (χ2n) is 2.90. The Morgan fingerprint density at radius 2 is 2.21 bits per heavy atom. The molecule has 0 fully saturated rings. The molecule has 0 bridgehead atoms. The lowest BCUT2D eigenvalue weighted by atomic mass is 10.1. The van der Waals surface area contributed by atoms with Gasteiger partial charge >= 0.3 is 0 Å². The molecular formula is C9H8ClNO3. The van der Waals surface area contributed by atoms with Gasteiger partial charge in [-0.1, -0.05) is 6.07 Å². The first kappa shape index (κ1) is 10.7. The normalized spacial score (nSPS) is 9.86. The summed E-state index contributed by atoms with van der Waals surface area (Å²) in [6.45, 7) is 1.71. The van der Waals surface area contributed by atoms with E-state index in [1.54, 1.807) is 13.0 Å². The molecule has 5 heteroatoms. The lowest BCUT2D eigenvalue weighted by Crippen LogP contribution is -1.97. The van der Waals surface area contributed by atoms with E-state index in [1.807, 2.05) is 0 Å². The van der Waals surface area contributed by atoms with Crippen LogP contribution in [-0.4, -0.2) is 10.2 Å². The van der Waals surface area contributed by atoms with E-state index in [0.29, 0.717) is 5.56 Å². The van der Waals surface area contributed by atoms with Gasteiger partial charge in [0.2, 0.25) is 5.24 Å². The lowest BCUT2D eigenvalue weighted by molar-refractivity contribution is -0.384. The van der Waals surface area contributed by atoms with Crippen LogP contribution in [0.4, 0.5) is 5.69 Å². The molecule has 0 saturated carbocycles. The Balaban J connectivity index is 3.01. The number of hydrogen-bond acceptors (Lipinski definition) is 3. The molecule has 0 aliphatic heterocycles. The largest absolute Gasteiger partial charge is 0.281 e. The quantitative estimate of drug-likeness (QED) is 0.439. The van der Waals surface area contributed by atoms with Gasteiger partial charge in [-0.2, -0.15) is 0 Å². The van der Waals surface area contributed by atoms with Gasteiger partial charge < -0.3 is 0 Å². The molecular weight excluding hydrogens is 206 g/mol. The minimum absolute atomic E-state index is 0.0215. The van der Waals surface area contributed by atoms with Gasteiger partial charge in [0.05, 0.1) is 4.92 Å². The molecule has 14 heavy (non-hydrogen) atoms. The smallest absolute Gasteiger partial charge is 0.269 e. The van der Waals surface area contributed by atoms with Gasteiger partial charge in [0.25, 0.3) is 5.69 Å². The summed E-state index contributed by atoms with van der Waals surface area (Å²) in [7, 11) is 0. The van der Waals surface area contributed by atoms with E-state index in [4.69, 9.17) is 11.6 Å². The van der Waals surface area contributed by atoms with E-state index in [1.165, 1.54) is 12.1 Å². The van der Waals surface area contributed by atoms with Gasteiger partial charge in [-0.05, 0) is 29.7 Å². The molecule has 0 aliphatic carbocycles. The Labute approximate surface area is 85.6 Å². The van der Waals surface area contributed by atoms with Crippen molar-refractivity contribution in [1.29, 1.82) is 0 Å². The first-order valence-corrected chi connectivity index (χ1v) is 4.30. The van der Waals surface area contributed by atoms with Crippen molar-refractivity contribution in [3.8, 4) is 0 Å². The Bertz CT molecular complexity index is 390. The number of non-ortho nitro benzene ring substituents is 1. The van der Waals surface area contributed by atoms with E-state index in [2.05, 4.69) is 0 Å². The maximum Gasteiger partial charge on any atom is 0.269 e. The molecule has 0 atom stereocenters. The SMILES string of the molecule is Cc1cc([N+](=O)[O-])ccc1CC(=O)Cl. The topological polar surface area (TPSA) is 60.2 Å². The van der Waals surface area contributed by atoms with Crippen molar-refractivity contribution < 1.29 is 9.72 Å². The van der Waals surface area contributed by atoms with Crippen LogP contribution in [0.1, 0.15) is 11.1 Å². The zero-order valence-electron chi connectivity index (χ0n) is 7.49. The van der Waals surface area contributed by atoms with Gasteiger partial charge in [-0.15, -0.1) is 0 Å². The molecule has 1 rings (SSSR count). The van der Waals surface area contributed by atoms with Gasteiger partial charge in [0.15, 0.2) is 0 Å². The van der Waals surface area contributed by atoms with Crippen molar-refractivity contribution in [3.05, 3.63) is 39.4 Å². The second-order valence-corrected chi connectivity index (χ2v) is 3.32. The van der Waals surface area contributed by atoms with Crippen LogP contribution in [0.15, 0.2) is 18.2 Å². The van der Waals surface area contributed by atoms with Crippen LogP contribution >= 0.6 is 11.6 Å². The summed E-state index contributed by atoms with van der Waals surface area (Å²) in [5.41, 5.74) is 1.44. The van der Waals surface area contributed by atoms with E-state index in [9.17, 15) is 14.9 Å². The molecule has 4 nitrogen and oxygen atoms in total. The number of nitrogens with zero attached hydrogens (tertiary/aromatic N) is 1. The van der Waals surface area contributed by atoms with Crippen molar-refractivity contribution >= 4 is 22.5 Å². The molecule has 0 saturated heterocycles. The van der Waals surface area contributed by atoms with Crippen LogP contribution in [0.25, 0.3) is 0 Å². The summed E-state index contributed by atoms with van der Waals surface area (Å²) in [6.07, 6.45) is 0.103. The van der Waals surface area contributed by atoms with Gasteiger partial charge in [0.1, 0.15) is 0 Å². The van der Waals surface area contributed by atoms with E-state index in [-0.39, 0.29) is 12.1 Å². The maximum absolute atomic E-state index is 10.6. The standard InChI is InChI=1S/C9H8ClNO3/c1-6-4-8(11(13)14)3-2-7(6)5-9(10)12/h2-4H,5H2,1H3. The summed E-state index contributed by atoms with van der Waals surface area (Å²) in [5.74, 6) is 0. The number of aryl methyl sites for hydroxylation is 1. The highest BCUT2D eigenvalue weighted by molar-refractivity contribution is 6.63. The average Bonchev–Trinajstić information content (AvgIpc) is 2.07. The fraction of sp³-hybridized carbons (Fsp3) is 0.222. The number of nitro groups is 1. The van der Waals surface area contributed by atoms with Crippen molar-refractivity contribution in [3.63, 3.8) is 0 Å². The minimum atomic E-state index is -0.473. The fourth-order valence-electron chi connectivity index (χ4n) is 1.14. The van der Waals surface area contributed by atoms with Crippen molar-refractivity contribution in [2.45, 2.75) is 13.3 Å². The minimum Gasteiger partial charge on any atom is -0.281 e. The number of carbonyl (C=O) groups is 1. The van der Waals surface area contributed by atoms with Crippen LogP contribution in [0.2, 0.25) is 0 Å². The lowest BCUT2D eigenvalue weighted by Gasteiger charge is -2.01. The summed E-state index contributed by atoms with van der Waals surface area (Å²) >= 11 is 5.21. The Hall–Kier alpha value is -1.42. The monoisotopic (exact) mass is 213 g/mol. The summed E-state index contributed by atoms with van der Waals surface area (Å²) in [5, 5.41) is 9.93. The molecule has 1 aromatic carbocycles. The highest BCUT2D eigenvalue weighted by Crippen LogP contribution is 2.17.